The van der Waals surface area contributed by atoms with E-state index in [0.29, 0.717) is 18.7 Å². The van der Waals surface area contributed by atoms with Crippen molar-refractivity contribution < 1.29 is 20.1 Å². The summed E-state index contributed by atoms with van der Waals surface area (Å²) in [5.41, 5.74) is 1.73. The molecule has 0 spiro atoms. The average Bonchev–Trinajstić information content (AvgIpc) is 2.28. The Bertz CT molecular complexity index is 386. The first kappa shape index (κ1) is 13.5. The molecule has 17 heavy (non-hydrogen) atoms. The molecule has 1 aromatic rings. The van der Waals surface area contributed by atoms with E-state index in [-0.39, 0.29) is 18.8 Å². The molecule has 0 bridgehead atoms. The third-order valence-corrected chi connectivity index (χ3v) is 2.55. The van der Waals surface area contributed by atoms with Gasteiger partial charge in [-0.3, -0.25) is 0 Å². The van der Waals surface area contributed by atoms with Gasteiger partial charge >= 0.3 is 5.97 Å². The highest BCUT2D eigenvalue weighted by Crippen LogP contribution is 2.19. The van der Waals surface area contributed by atoms with Crippen molar-refractivity contribution in [2.45, 2.75) is 6.92 Å². The Morgan fingerprint density at radius 2 is 1.82 bits per heavy atom. The molecule has 0 amide bonds. The molecule has 5 nitrogen and oxygen atoms in total. The van der Waals surface area contributed by atoms with E-state index < -0.39 is 5.97 Å². The second-order valence-corrected chi connectivity index (χ2v) is 3.74. The van der Waals surface area contributed by atoms with E-state index in [1.807, 2.05) is 0 Å². The number of aliphatic hydroxyl groups excluding tert-OH is 2. The summed E-state index contributed by atoms with van der Waals surface area (Å²) in [6, 6.07) is 4.96. The minimum Gasteiger partial charge on any atom is -0.478 e. The van der Waals surface area contributed by atoms with Crippen LogP contribution in [0.5, 0.6) is 0 Å². The van der Waals surface area contributed by atoms with Crippen molar-refractivity contribution in [2.75, 3.05) is 31.2 Å². The van der Waals surface area contributed by atoms with E-state index in [9.17, 15) is 4.79 Å². The zero-order valence-corrected chi connectivity index (χ0v) is 9.76. The van der Waals surface area contributed by atoms with E-state index in [2.05, 4.69) is 0 Å². The van der Waals surface area contributed by atoms with Gasteiger partial charge in [-0.1, -0.05) is 0 Å². The van der Waals surface area contributed by atoms with Crippen LogP contribution in [0.1, 0.15) is 15.9 Å². The molecule has 0 atom stereocenters. The fourth-order valence-electron chi connectivity index (χ4n) is 1.70. The monoisotopic (exact) mass is 239 g/mol. The van der Waals surface area contributed by atoms with Crippen LogP contribution in [0.3, 0.4) is 0 Å². The minimum absolute atomic E-state index is 0.0142. The van der Waals surface area contributed by atoms with Gasteiger partial charge in [-0.25, -0.2) is 4.79 Å². The number of aromatic carboxylic acids is 1. The standard InChI is InChI=1S/C12H17NO4/c1-9-8-10(2-3-11(9)12(16)17)13(4-6-14)5-7-15/h2-3,8,14-15H,4-7H2,1H3,(H,16,17). The van der Waals surface area contributed by atoms with Gasteiger partial charge in [-0.2, -0.15) is 0 Å². The summed E-state index contributed by atoms with van der Waals surface area (Å²) in [7, 11) is 0. The van der Waals surface area contributed by atoms with Crippen molar-refractivity contribution >= 4 is 11.7 Å². The summed E-state index contributed by atoms with van der Waals surface area (Å²) in [6.45, 7) is 2.52. The van der Waals surface area contributed by atoms with Crippen LogP contribution in [-0.4, -0.2) is 47.6 Å². The molecular formula is C12H17NO4. The minimum atomic E-state index is -0.954. The zero-order valence-electron chi connectivity index (χ0n) is 9.76. The quantitative estimate of drug-likeness (QED) is 0.673. The number of nitrogens with zero attached hydrogens (tertiary/aromatic N) is 1. The van der Waals surface area contributed by atoms with Crippen LogP contribution in [0.15, 0.2) is 18.2 Å². The van der Waals surface area contributed by atoms with E-state index in [4.69, 9.17) is 15.3 Å². The van der Waals surface area contributed by atoms with Gasteiger partial charge in [-0.15, -0.1) is 0 Å². The maximum atomic E-state index is 10.9. The maximum absolute atomic E-state index is 10.9. The number of carboxylic acids is 1. The molecule has 0 aliphatic heterocycles. The summed E-state index contributed by atoms with van der Waals surface area (Å²) in [5, 5.41) is 26.7. The highest BCUT2D eigenvalue weighted by atomic mass is 16.4. The first-order chi connectivity index (χ1) is 8.10. The number of anilines is 1. The van der Waals surface area contributed by atoms with Crippen LogP contribution in [-0.2, 0) is 0 Å². The van der Waals surface area contributed by atoms with Crippen molar-refractivity contribution in [2.24, 2.45) is 0 Å². The normalized spacial score (nSPS) is 10.3. The Balaban J connectivity index is 2.97. The van der Waals surface area contributed by atoms with Crippen LogP contribution in [0.25, 0.3) is 0 Å². The largest absolute Gasteiger partial charge is 0.478 e. The summed E-state index contributed by atoms with van der Waals surface area (Å²) in [5.74, 6) is -0.954. The predicted molar refractivity (Wildman–Crippen MR) is 64.5 cm³/mol. The maximum Gasteiger partial charge on any atom is 0.335 e. The van der Waals surface area contributed by atoms with Gasteiger partial charge in [0.25, 0.3) is 0 Å². The number of aryl methyl sites for hydroxylation is 1. The lowest BCUT2D eigenvalue weighted by Crippen LogP contribution is -2.29. The van der Waals surface area contributed by atoms with E-state index in [0.717, 1.165) is 5.69 Å². The number of rotatable bonds is 6. The Labute approximate surface area is 99.9 Å². The second kappa shape index (κ2) is 6.22. The topological polar surface area (TPSA) is 81.0 Å². The summed E-state index contributed by atoms with van der Waals surface area (Å²) in [4.78, 5) is 12.7. The first-order valence-electron chi connectivity index (χ1n) is 5.40. The van der Waals surface area contributed by atoms with Crippen LogP contribution in [0.2, 0.25) is 0 Å². The third kappa shape index (κ3) is 3.44. The Hall–Kier alpha value is -1.59. The van der Waals surface area contributed by atoms with Crippen molar-refractivity contribution in [3.8, 4) is 0 Å². The number of carbonyl (C=O) groups is 1. The number of benzene rings is 1. The molecule has 5 heteroatoms. The van der Waals surface area contributed by atoms with Gasteiger partial charge in [0, 0.05) is 18.8 Å². The number of carboxylic acid groups (broad SMARTS) is 1. The molecule has 0 saturated carbocycles. The molecule has 0 saturated heterocycles. The molecule has 1 aromatic carbocycles. The average molecular weight is 239 g/mol. The molecule has 0 aliphatic carbocycles. The smallest absolute Gasteiger partial charge is 0.335 e. The molecule has 3 N–H and O–H groups in total. The Kier molecular flexibility index (Phi) is 4.93. The van der Waals surface area contributed by atoms with Gasteiger partial charge in [0.1, 0.15) is 0 Å². The van der Waals surface area contributed by atoms with Crippen molar-refractivity contribution in [1.29, 1.82) is 0 Å². The highest BCUT2D eigenvalue weighted by Gasteiger charge is 2.10. The lowest BCUT2D eigenvalue weighted by molar-refractivity contribution is 0.0696. The number of hydrogen-bond acceptors (Lipinski definition) is 4. The SMILES string of the molecule is Cc1cc(N(CCO)CCO)ccc1C(=O)O. The fourth-order valence-corrected chi connectivity index (χ4v) is 1.70. The van der Waals surface area contributed by atoms with Gasteiger partial charge < -0.3 is 20.2 Å². The van der Waals surface area contributed by atoms with E-state index >= 15 is 0 Å². The van der Waals surface area contributed by atoms with Gasteiger partial charge in [0.2, 0.25) is 0 Å². The van der Waals surface area contributed by atoms with E-state index in [1.54, 1.807) is 24.0 Å². The number of hydrogen-bond donors (Lipinski definition) is 3. The Morgan fingerprint density at radius 3 is 2.24 bits per heavy atom. The molecule has 0 heterocycles. The van der Waals surface area contributed by atoms with Crippen molar-refractivity contribution in [3.05, 3.63) is 29.3 Å². The molecule has 0 unspecified atom stereocenters. The summed E-state index contributed by atoms with van der Waals surface area (Å²) >= 11 is 0. The van der Waals surface area contributed by atoms with Crippen LogP contribution in [0, 0.1) is 6.92 Å². The molecule has 0 aromatic heterocycles. The molecule has 94 valence electrons. The predicted octanol–water partition coefficient (Wildman–Crippen LogP) is 0.484. The first-order valence-corrected chi connectivity index (χ1v) is 5.40. The van der Waals surface area contributed by atoms with Crippen molar-refractivity contribution in [3.63, 3.8) is 0 Å². The molecule has 1 rings (SSSR count). The lowest BCUT2D eigenvalue weighted by atomic mass is 10.1. The Morgan fingerprint density at radius 1 is 1.24 bits per heavy atom. The molecule has 0 fully saturated rings. The fraction of sp³-hybridized carbons (Fsp3) is 0.417. The molecule has 0 aliphatic rings. The molecular weight excluding hydrogens is 222 g/mol. The third-order valence-electron chi connectivity index (χ3n) is 2.55. The van der Waals surface area contributed by atoms with Gasteiger partial charge in [0.15, 0.2) is 0 Å². The van der Waals surface area contributed by atoms with Crippen LogP contribution in [0.4, 0.5) is 5.69 Å². The zero-order chi connectivity index (χ0) is 12.8. The second-order valence-electron chi connectivity index (χ2n) is 3.74. The van der Waals surface area contributed by atoms with Crippen LogP contribution < -0.4 is 4.90 Å². The molecule has 0 radical (unpaired) electrons. The van der Waals surface area contributed by atoms with Gasteiger partial charge in [0.05, 0.1) is 18.8 Å². The van der Waals surface area contributed by atoms with Gasteiger partial charge in [-0.05, 0) is 30.7 Å². The summed E-state index contributed by atoms with van der Waals surface area (Å²) in [6.07, 6.45) is 0. The highest BCUT2D eigenvalue weighted by molar-refractivity contribution is 5.89. The van der Waals surface area contributed by atoms with Crippen LogP contribution >= 0.6 is 0 Å². The summed E-state index contributed by atoms with van der Waals surface area (Å²) < 4.78 is 0. The van der Waals surface area contributed by atoms with E-state index in [1.165, 1.54) is 6.07 Å². The van der Waals surface area contributed by atoms with Crippen molar-refractivity contribution in [1.82, 2.24) is 0 Å². The lowest BCUT2D eigenvalue weighted by Gasteiger charge is -2.23. The number of aliphatic hydroxyl groups is 2.